The summed E-state index contributed by atoms with van der Waals surface area (Å²) < 4.78 is 25.8. The fourth-order valence-corrected chi connectivity index (χ4v) is 8.32. The third-order valence-electron chi connectivity index (χ3n) is 11.5. The van der Waals surface area contributed by atoms with Gasteiger partial charge in [0.05, 0.1) is 34.9 Å². The molecular formula is C48H51N7O9. The van der Waals surface area contributed by atoms with Crippen LogP contribution in [0.25, 0.3) is 22.4 Å². The number of ketones is 2. The molecule has 0 bridgehead atoms. The van der Waals surface area contributed by atoms with E-state index in [1.807, 2.05) is 37.3 Å². The molecule has 2 aromatic heterocycles. The number of nitrogens with zero attached hydrogens (tertiary/aromatic N) is 5. The van der Waals surface area contributed by atoms with E-state index >= 15 is 0 Å². The van der Waals surface area contributed by atoms with Crippen molar-refractivity contribution in [3.05, 3.63) is 114 Å². The minimum absolute atomic E-state index is 0.0233. The first-order chi connectivity index (χ1) is 30.9. The van der Waals surface area contributed by atoms with E-state index in [0.717, 1.165) is 40.6 Å². The summed E-state index contributed by atoms with van der Waals surface area (Å²) >= 11 is 0. The van der Waals surface area contributed by atoms with Crippen LogP contribution in [0.15, 0.2) is 85.6 Å². The van der Waals surface area contributed by atoms with Gasteiger partial charge < -0.3 is 38.7 Å². The van der Waals surface area contributed by atoms with Gasteiger partial charge in [-0.05, 0) is 81.3 Å². The third kappa shape index (κ3) is 9.38. The first-order valence-electron chi connectivity index (χ1n) is 21.4. The number of Topliss-reactive ketones (excluding diaryl/α,β-unsaturated/α-hetero) is 2. The Hall–Kier alpha value is -6.91. The van der Waals surface area contributed by atoms with E-state index in [0.29, 0.717) is 60.7 Å². The summed E-state index contributed by atoms with van der Waals surface area (Å²) in [5.74, 6) is 0.706. The van der Waals surface area contributed by atoms with Crippen molar-refractivity contribution in [1.29, 1.82) is 0 Å². The highest BCUT2D eigenvalue weighted by Gasteiger charge is 2.48. The predicted octanol–water partition coefficient (Wildman–Crippen LogP) is 7.48. The highest BCUT2D eigenvalue weighted by molar-refractivity contribution is 6.06. The number of amides is 3. The standard InChI is InChI=1S/C48H51N7O9/c1-6-18-63-48(60)55-37-25-40(29(3)22-34(37)46(59)54-26-28(2)21-38(54)47(55)64-43-11-7-8-19-62-43)61-20-9-10-42(58)51-41-27-53(5)45(52-41)39(57)23-31-12-14-32(15-13-31)44-49-35-17-16-33(30(4)56)24-36(35)50-44/h6,12-17,22,24-25,27,38,43,47H,1-2,7-11,18-21,23,26H2,3-5H3,(H,49,50)(H,51,58). The van der Waals surface area contributed by atoms with Crippen LogP contribution in [0, 0.1) is 6.92 Å². The number of carbonyl (C=O) groups excluding carboxylic acids is 5. The summed E-state index contributed by atoms with van der Waals surface area (Å²) in [6.07, 6.45) is 4.27. The molecule has 0 radical (unpaired) electrons. The van der Waals surface area contributed by atoms with Gasteiger partial charge >= 0.3 is 6.09 Å². The summed E-state index contributed by atoms with van der Waals surface area (Å²) in [6, 6.07) is 15.6. The number of imidazole rings is 2. The molecule has 64 heavy (non-hydrogen) atoms. The van der Waals surface area contributed by atoms with Gasteiger partial charge in [-0.3, -0.25) is 19.2 Å². The van der Waals surface area contributed by atoms with Crippen LogP contribution in [0.5, 0.6) is 5.75 Å². The summed E-state index contributed by atoms with van der Waals surface area (Å²) in [5, 5.41) is 2.78. The van der Waals surface area contributed by atoms with Gasteiger partial charge in [-0.1, -0.05) is 49.1 Å². The second-order valence-electron chi connectivity index (χ2n) is 16.4. The normalized spacial score (nSPS) is 18.3. The van der Waals surface area contributed by atoms with Crippen LogP contribution in [0.3, 0.4) is 0 Å². The Labute approximate surface area is 370 Å². The molecule has 3 atom stereocenters. The maximum absolute atomic E-state index is 14.2. The maximum atomic E-state index is 14.2. The van der Waals surface area contributed by atoms with E-state index in [1.165, 1.54) is 17.9 Å². The van der Waals surface area contributed by atoms with Crippen molar-refractivity contribution < 1.29 is 42.9 Å². The van der Waals surface area contributed by atoms with E-state index in [9.17, 15) is 24.0 Å². The van der Waals surface area contributed by atoms with Crippen LogP contribution >= 0.6 is 0 Å². The molecule has 16 heteroatoms. The Balaban J connectivity index is 0.891. The Kier molecular flexibility index (Phi) is 12.9. The van der Waals surface area contributed by atoms with Crippen LogP contribution < -0.4 is 15.0 Å². The van der Waals surface area contributed by atoms with Crippen LogP contribution in [-0.4, -0.2) is 98.8 Å². The van der Waals surface area contributed by atoms with Gasteiger partial charge in [0.25, 0.3) is 5.91 Å². The molecule has 3 unspecified atom stereocenters. The average molecular weight is 870 g/mol. The minimum Gasteiger partial charge on any atom is -0.493 e. The lowest BCUT2D eigenvalue weighted by atomic mass is 10.1. The number of rotatable bonds is 15. The van der Waals surface area contributed by atoms with Gasteiger partial charge in [-0.25, -0.2) is 19.7 Å². The van der Waals surface area contributed by atoms with E-state index in [2.05, 4.69) is 33.4 Å². The molecule has 2 saturated heterocycles. The summed E-state index contributed by atoms with van der Waals surface area (Å²) in [6.45, 7) is 12.1. The predicted molar refractivity (Wildman–Crippen MR) is 238 cm³/mol. The number of aromatic nitrogens is 4. The topological polar surface area (TPSA) is 187 Å². The molecule has 5 heterocycles. The zero-order chi connectivity index (χ0) is 45.1. The number of hydrogen-bond acceptors (Lipinski definition) is 11. The molecule has 3 amide bonds. The average Bonchev–Trinajstić information content (AvgIpc) is 3.99. The molecule has 5 aromatic rings. The Morgan fingerprint density at radius 3 is 2.62 bits per heavy atom. The van der Waals surface area contributed by atoms with Crippen LogP contribution in [0.1, 0.15) is 87.9 Å². The van der Waals surface area contributed by atoms with Crippen molar-refractivity contribution in [2.75, 3.05) is 36.6 Å². The first-order valence-corrected chi connectivity index (χ1v) is 21.4. The lowest BCUT2D eigenvalue weighted by molar-refractivity contribution is -0.195. The van der Waals surface area contributed by atoms with Crippen LogP contribution in [-0.2, 0) is 32.5 Å². The van der Waals surface area contributed by atoms with Crippen molar-refractivity contribution in [3.63, 3.8) is 0 Å². The van der Waals surface area contributed by atoms with Crippen LogP contribution in [0.2, 0.25) is 0 Å². The van der Waals surface area contributed by atoms with Gasteiger partial charge in [0.15, 0.2) is 29.9 Å². The number of nitrogens with one attached hydrogen (secondary N) is 2. The molecule has 0 aliphatic carbocycles. The molecule has 2 N–H and O–H groups in total. The number of aryl methyl sites for hydroxylation is 2. The van der Waals surface area contributed by atoms with Crippen molar-refractivity contribution >= 4 is 52.0 Å². The molecule has 2 fully saturated rings. The molecular weight excluding hydrogens is 819 g/mol. The second kappa shape index (κ2) is 18.8. The van der Waals surface area contributed by atoms with Crippen molar-refractivity contribution in [1.82, 2.24) is 24.4 Å². The molecule has 3 aliphatic rings. The van der Waals surface area contributed by atoms with Gasteiger partial charge in [-0.15, -0.1) is 0 Å². The zero-order valence-corrected chi connectivity index (χ0v) is 36.2. The molecule has 16 nitrogen and oxygen atoms in total. The summed E-state index contributed by atoms with van der Waals surface area (Å²) in [7, 11) is 1.70. The largest absolute Gasteiger partial charge is 0.493 e. The molecule has 332 valence electrons. The number of hydrogen-bond donors (Lipinski definition) is 2. The minimum atomic E-state index is -0.932. The van der Waals surface area contributed by atoms with E-state index < -0.39 is 24.7 Å². The molecule has 0 saturated carbocycles. The first kappa shape index (κ1) is 43.7. The number of H-pyrrole nitrogens is 1. The molecule has 3 aromatic carbocycles. The zero-order valence-electron chi connectivity index (χ0n) is 36.2. The van der Waals surface area contributed by atoms with Gasteiger partial charge in [-0.2, -0.15) is 0 Å². The summed E-state index contributed by atoms with van der Waals surface area (Å²) in [5.41, 5.74) is 5.82. The molecule has 8 rings (SSSR count). The van der Waals surface area contributed by atoms with E-state index in [1.54, 1.807) is 47.0 Å². The number of benzene rings is 3. The lowest BCUT2D eigenvalue weighted by Gasteiger charge is -2.38. The second-order valence-corrected chi connectivity index (χ2v) is 16.4. The fourth-order valence-electron chi connectivity index (χ4n) is 8.32. The number of anilines is 2. The molecule has 3 aliphatic heterocycles. The SMILES string of the molecule is C=CCOC(=O)N1c2cc(OCCCC(=O)Nc3cn(C)c(C(=O)Cc4ccc(-c5nc6ccc(C(C)=O)cc6[nH]5)cc4)n3)c(C)cc2C(=O)N2CC(=C)CC2C1OC1CCCCO1. The Morgan fingerprint density at radius 1 is 1.06 bits per heavy atom. The summed E-state index contributed by atoms with van der Waals surface area (Å²) in [4.78, 5) is 81.6. The van der Waals surface area contributed by atoms with Crippen molar-refractivity contribution in [3.8, 4) is 17.1 Å². The Morgan fingerprint density at radius 2 is 1.88 bits per heavy atom. The number of fused-ring (bicyclic) bond motifs is 3. The highest BCUT2D eigenvalue weighted by atomic mass is 16.7. The maximum Gasteiger partial charge on any atom is 0.416 e. The number of aromatic amines is 1. The van der Waals surface area contributed by atoms with E-state index in [4.69, 9.17) is 18.9 Å². The monoisotopic (exact) mass is 869 g/mol. The Bertz CT molecular complexity index is 2640. The van der Waals surface area contributed by atoms with Gasteiger partial charge in [0.1, 0.15) is 18.2 Å². The van der Waals surface area contributed by atoms with Gasteiger partial charge in [0, 0.05) is 56.4 Å². The molecule has 0 spiro atoms. The third-order valence-corrected chi connectivity index (χ3v) is 11.5. The lowest BCUT2D eigenvalue weighted by Crippen LogP contribution is -2.54. The number of carbonyl (C=O) groups is 5. The fraction of sp³-hybridized carbons (Fsp3) is 0.354. The van der Waals surface area contributed by atoms with E-state index in [-0.39, 0.29) is 66.8 Å². The van der Waals surface area contributed by atoms with Crippen molar-refractivity contribution in [2.45, 2.75) is 77.4 Å². The van der Waals surface area contributed by atoms with Crippen LogP contribution in [0.4, 0.5) is 16.3 Å². The van der Waals surface area contributed by atoms with Gasteiger partial charge in [0.2, 0.25) is 11.7 Å². The van der Waals surface area contributed by atoms with Crippen molar-refractivity contribution in [2.24, 2.45) is 7.05 Å². The quantitative estimate of drug-likeness (QED) is 0.0603. The highest BCUT2D eigenvalue weighted by Crippen LogP contribution is 2.41. The number of ether oxygens (including phenoxy) is 4. The smallest absolute Gasteiger partial charge is 0.416 e.